The van der Waals surface area contributed by atoms with E-state index < -0.39 is 0 Å². The van der Waals surface area contributed by atoms with Crippen LogP contribution in [0.15, 0.2) is 28.8 Å². The molecule has 0 saturated carbocycles. The zero-order chi connectivity index (χ0) is 18.1. The van der Waals surface area contributed by atoms with Crippen molar-refractivity contribution < 1.29 is 9.32 Å². The topological polar surface area (TPSA) is 49.6 Å². The van der Waals surface area contributed by atoms with Gasteiger partial charge in [-0.1, -0.05) is 30.3 Å². The number of rotatable bonds is 3. The number of likely N-dealkylation sites (N-methyl/N-ethyl adjacent to an activating group) is 1. The van der Waals surface area contributed by atoms with E-state index in [1.54, 1.807) is 0 Å². The van der Waals surface area contributed by atoms with E-state index in [-0.39, 0.29) is 17.9 Å². The number of hydrogen-bond acceptors (Lipinski definition) is 4. The second-order valence-electron chi connectivity index (χ2n) is 7.00. The third kappa shape index (κ3) is 3.15. The SMILES string of the molecule is CC[C@@H]1CN(C)c2ccccc2CN1C(=O)[C@H](C)c1c(C)noc1C. The molecule has 0 fully saturated rings. The average Bonchev–Trinajstić information content (AvgIpc) is 2.86. The first-order chi connectivity index (χ1) is 11.9. The summed E-state index contributed by atoms with van der Waals surface area (Å²) in [6, 6.07) is 8.53. The first-order valence-corrected chi connectivity index (χ1v) is 8.96. The highest BCUT2D eigenvalue weighted by molar-refractivity contribution is 5.84. The van der Waals surface area contributed by atoms with Crippen LogP contribution in [0.4, 0.5) is 5.69 Å². The van der Waals surface area contributed by atoms with E-state index in [4.69, 9.17) is 4.52 Å². The van der Waals surface area contributed by atoms with Gasteiger partial charge in [-0.05, 0) is 38.8 Å². The van der Waals surface area contributed by atoms with Gasteiger partial charge in [-0.25, -0.2) is 0 Å². The largest absolute Gasteiger partial charge is 0.372 e. The monoisotopic (exact) mass is 341 g/mol. The summed E-state index contributed by atoms with van der Waals surface area (Å²) in [6.07, 6.45) is 0.929. The van der Waals surface area contributed by atoms with Crippen molar-refractivity contribution in [3.05, 3.63) is 46.8 Å². The van der Waals surface area contributed by atoms with Crippen molar-refractivity contribution in [3.8, 4) is 0 Å². The minimum absolute atomic E-state index is 0.145. The highest BCUT2D eigenvalue weighted by Gasteiger charge is 2.33. The van der Waals surface area contributed by atoms with Gasteiger partial charge in [0.15, 0.2) is 0 Å². The fraction of sp³-hybridized carbons (Fsp3) is 0.500. The molecule has 0 radical (unpaired) electrons. The lowest BCUT2D eigenvalue weighted by molar-refractivity contribution is -0.135. The van der Waals surface area contributed by atoms with Crippen LogP contribution in [0.25, 0.3) is 0 Å². The van der Waals surface area contributed by atoms with E-state index in [9.17, 15) is 4.79 Å². The van der Waals surface area contributed by atoms with Gasteiger partial charge in [0.05, 0.1) is 11.6 Å². The summed E-state index contributed by atoms with van der Waals surface area (Å²) >= 11 is 0. The Hall–Kier alpha value is -2.30. The molecular weight excluding hydrogens is 314 g/mol. The van der Waals surface area contributed by atoms with Gasteiger partial charge in [0.2, 0.25) is 5.91 Å². The van der Waals surface area contributed by atoms with Crippen molar-refractivity contribution >= 4 is 11.6 Å². The number of anilines is 1. The van der Waals surface area contributed by atoms with Gasteiger partial charge in [0.1, 0.15) is 5.76 Å². The van der Waals surface area contributed by atoms with Crippen LogP contribution < -0.4 is 4.90 Å². The Balaban J connectivity index is 1.95. The molecule has 3 rings (SSSR count). The fourth-order valence-corrected chi connectivity index (χ4v) is 3.93. The molecule has 0 N–H and O–H groups in total. The van der Waals surface area contributed by atoms with Gasteiger partial charge >= 0.3 is 0 Å². The molecule has 2 aromatic rings. The molecule has 134 valence electrons. The molecule has 5 nitrogen and oxygen atoms in total. The molecule has 1 aromatic carbocycles. The third-order valence-corrected chi connectivity index (χ3v) is 5.32. The number of benzene rings is 1. The van der Waals surface area contributed by atoms with Crippen LogP contribution in [0.5, 0.6) is 0 Å². The Bertz CT molecular complexity index is 749. The van der Waals surface area contributed by atoms with Crippen molar-refractivity contribution in [1.82, 2.24) is 10.1 Å². The number of aromatic nitrogens is 1. The van der Waals surface area contributed by atoms with E-state index >= 15 is 0 Å². The average molecular weight is 341 g/mol. The maximum Gasteiger partial charge on any atom is 0.230 e. The molecule has 1 aliphatic rings. The summed E-state index contributed by atoms with van der Waals surface area (Å²) < 4.78 is 5.28. The van der Waals surface area contributed by atoms with Gasteiger partial charge in [-0.15, -0.1) is 0 Å². The summed E-state index contributed by atoms with van der Waals surface area (Å²) in [7, 11) is 2.10. The van der Waals surface area contributed by atoms with Crippen LogP contribution >= 0.6 is 0 Å². The number of hydrogen-bond donors (Lipinski definition) is 0. The number of nitrogens with zero attached hydrogens (tertiary/aromatic N) is 3. The summed E-state index contributed by atoms with van der Waals surface area (Å²) in [6.45, 7) is 9.37. The van der Waals surface area contributed by atoms with Crippen LogP contribution in [0.1, 0.15) is 48.8 Å². The highest BCUT2D eigenvalue weighted by Crippen LogP contribution is 2.31. The molecule has 0 spiro atoms. The standard InChI is InChI=1S/C20H27N3O2/c1-6-17-12-22(5)18-10-8-7-9-16(18)11-23(17)20(24)13(2)19-14(3)21-25-15(19)4/h7-10,13,17H,6,11-12H2,1-5H3/t13-,17-/m1/s1. The molecule has 25 heavy (non-hydrogen) atoms. The quantitative estimate of drug-likeness (QED) is 0.855. The van der Waals surface area contributed by atoms with Gasteiger partial charge in [0, 0.05) is 37.4 Å². The number of aryl methyl sites for hydroxylation is 2. The Labute approximate surface area is 149 Å². The molecule has 1 amide bonds. The van der Waals surface area contributed by atoms with Crippen LogP contribution in [-0.2, 0) is 11.3 Å². The first-order valence-electron chi connectivity index (χ1n) is 8.96. The second kappa shape index (κ2) is 6.90. The summed E-state index contributed by atoms with van der Waals surface area (Å²) in [5.41, 5.74) is 4.13. The number of para-hydroxylation sites is 1. The Kier molecular flexibility index (Phi) is 4.84. The lowest BCUT2D eigenvalue weighted by Crippen LogP contribution is -2.45. The molecule has 0 saturated heterocycles. The van der Waals surface area contributed by atoms with Gasteiger partial charge < -0.3 is 14.3 Å². The second-order valence-corrected chi connectivity index (χ2v) is 7.00. The van der Waals surface area contributed by atoms with Crippen LogP contribution in [-0.4, -0.2) is 35.6 Å². The van der Waals surface area contributed by atoms with Crippen molar-refractivity contribution in [2.24, 2.45) is 0 Å². The first kappa shape index (κ1) is 17.5. The Morgan fingerprint density at radius 2 is 2.08 bits per heavy atom. The normalized spacial score (nSPS) is 18.7. The highest BCUT2D eigenvalue weighted by atomic mass is 16.5. The van der Waals surface area contributed by atoms with E-state index in [0.717, 1.165) is 30.0 Å². The fourth-order valence-electron chi connectivity index (χ4n) is 3.93. The van der Waals surface area contributed by atoms with Gasteiger partial charge in [-0.3, -0.25) is 4.79 Å². The molecule has 2 atom stereocenters. The molecule has 0 aliphatic carbocycles. The number of amides is 1. The predicted molar refractivity (Wildman–Crippen MR) is 98.7 cm³/mol. The molecule has 2 heterocycles. The van der Waals surface area contributed by atoms with Gasteiger partial charge in [-0.2, -0.15) is 0 Å². The lowest BCUT2D eigenvalue weighted by atomic mass is 9.96. The van der Waals surface area contributed by atoms with Crippen molar-refractivity contribution in [3.63, 3.8) is 0 Å². The smallest absolute Gasteiger partial charge is 0.230 e. The van der Waals surface area contributed by atoms with E-state index in [1.807, 2.05) is 31.7 Å². The predicted octanol–water partition coefficient (Wildman–Crippen LogP) is 3.65. The number of fused-ring (bicyclic) bond motifs is 1. The summed E-state index contributed by atoms with van der Waals surface area (Å²) in [4.78, 5) is 17.7. The molecular formula is C20H27N3O2. The van der Waals surface area contributed by atoms with Crippen LogP contribution in [0.2, 0.25) is 0 Å². The van der Waals surface area contributed by atoms with E-state index in [2.05, 4.69) is 42.2 Å². The number of carbonyl (C=O) groups excluding carboxylic acids is 1. The minimum Gasteiger partial charge on any atom is -0.372 e. The lowest BCUT2D eigenvalue weighted by Gasteiger charge is -2.32. The Morgan fingerprint density at radius 3 is 2.72 bits per heavy atom. The van der Waals surface area contributed by atoms with Crippen molar-refractivity contribution in [2.75, 3.05) is 18.5 Å². The molecule has 1 aromatic heterocycles. The molecule has 1 aliphatic heterocycles. The van der Waals surface area contributed by atoms with Crippen molar-refractivity contribution in [2.45, 2.75) is 52.6 Å². The van der Waals surface area contributed by atoms with Gasteiger partial charge in [0.25, 0.3) is 0 Å². The van der Waals surface area contributed by atoms with Crippen LogP contribution in [0.3, 0.4) is 0 Å². The minimum atomic E-state index is -0.254. The molecule has 5 heteroatoms. The zero-order valence-corrected chi connectivity index (χ0v) is 15.7. The maximum atomic E-state index is 13.4. The van der Waals surface area contributed by atoms with E-state index in [1.165, 1.54) is 11.3 Å². The number of carbonyl (C=O) groups is 1. The van der Waals surface area contributed by atoms with E-state index in [0.29, 0.717) is 6.54 Å². The van der Waals surface area contributed by atoms with Crippen molar-refractivity contribution in [1.29, 1.82) is 0 Å². The van der Waals surface area contributed by atoms with Crippen LogP contribution in [0, 0.1) is 13.8 Å². The maximum absolute atomic E-state index is 13.4. The third-order valence-electron chi connectivity index (χ3n) is 5.32. The summed E-state index contributed by atoms with van der Waals surface area (Å²) in [5, 5.41) is 4.02. The summed E-state index contributed by atoms with van der Waals surface area (Å²) in [5.74, 6) is 0.626. The zero-order valence-electron chi connectivity index (χ0n) is 15.7. The molecule has 0 bridgehead atoms. The molecule has 0 unspecified atom stereocenters. The Morgan fingerprint density at radius 1 is 1.36 bits per heavy atom.